The Morgan fingerprint density at radius 3 is 2.74 bits per heavy atom. The van der Waals surface area contributed by atoms with Crippen LogP contribution in [0.5, 0.6) is 0 Å². The lowest BCUT2D eigenvalue weighted by Gasteiger charge is -2.20. The molecule has 1 aliphatic rings. The van der Waals surface area contributed by atoms with Crippen LogP contribution in [0, 0.1) is 5.82 Å². The summed E-state index contributed by atoms with van der Waals surface area (Å²) in [7, 11) is 0. The first-order chi connectivity index (χ1) is 11.0. The largest absolute Gasteiger partial charge is 0.478 e. The van der Waals surface area contributed by atoms with E-state index in [1.54, 1.807) is 0 Å². The van der Waals surface area contributed by atoms with E-state index >= 15 is 0 Å². The zero-order chi connectivity index (χ0) is 16.6. The number of carboxylic acid groups (broad SMARTS) is 1. The van der Waals surface area contributed by atoms with Crippen molar-refractivity contribution in [3.8, 4) is 0 Å². The minimum Gasteiger partial charge on any atom is -0.478 e. The first-order valence-corrected chi connectivity index (χ1v) is 7.34. The molecule has 2 aromatic rings. The Morgan fingerprint density at radius 1 is 1.26 bits per heavy atom. The number of aromatic carboxylic acids is 1. The minimum atomic E-state index is -1.16. The van der Waals surface area contributed by atoms with Crippen LogP contribution in [0.15, 0.2) is 27.8 Å². The molecular formula is C16H15FN2O4. The predicted octanol–water partition coefficient (Wildman–Crippen LogP) is 1.30. The summed E-state index contributed by atoms with van der Waals surface area (Å²) >= 11 is 0. The molecule has 0 amide bonds. The molecule has 0 bridgehead atoms. The average Bonchev–Trinajstić information content (AvgIpc) is 2.52. The molecular weight excluding hydrogens is 303 g/mol. The highest BCUT2D eigenvalue weighted by Crippen LogP contribution is 2.18. The summed E-state index contributed by atoms with van der Waals surface area (Å²) in [5.41, 5.74) is 0.242. The van der Waals surface area contributed by atoms with Gasteiger partial charge in [0.25, 0.3) is 5.56 Å². The van der Waals surface area contributed by atoms with Crippen molar-refractivity contribution in [3.63, 3.8) is 0 Å². The number of H-pyrrole nitrogens is 1. The van der Waals surface area contributed by atoms with Crippen molar-refractivity contribution in [1.82, 2.24) is 9.55 Å². The monoisotopic (exact) mass is 318 g/mol. The van der Waals surface area contributed by atoms with E-state index in [-0.39, 0.29) is 23.2 Å². The van der Waals surface area contributed by atoms with Gasteiger partial charge < -0.3 is 5.11 Å². The fraction of sp³-hybridized carbons (Fsp3) is 0.312. The number of benzene rings is 1. The molecule has 1 aliphatic carbocycles. The second-order valence-electron chi connectivity index (χ2n) is 5.59. The van der Waals surface area contributed by atoms with Crippen molar-refractivity contribution in [1.29, 1.82) is 0 Å². The van der Waals surface area contributed by atoms with Crippen LogP contribution in [0.3, 0.4) is 0 Å². The van der Waals surface area contributed by atoms with E-state index in [1.165, 1.54) is 16.7 Å². The number of halogens is 1. The van der Waals surface area contributed by atoms with Crippen molar-refractivity contribution in [2.45, 2.75) is 32.2 Å². The number of rotatable bonds is 3. The molecule has 1 aromatic carbocycles. The molecule has 0 spiro atoms. The third kappa shape index (κ3) is 2.81. The number of fused-ring (bicyclic) bond motifs is 1. The van der Waals surface area contributed by atoms with Crippen LogP contribution in [0.25, 0.3) is 0 Å². The molecule has 23 heavy (non-hydrogen) atoms. The van der Waals surface area contributed by atoms with Crippen LogP contribution in [-0.4, -0.2) is 20.6 Å². The number of hydrogen-bond donors (Lipinski definition) is 2. The van der Waals surface area contributed by atoms with Crippen molar-refractivity contribution in [2.24, 2.45) is 0 Å². The maximum atomic E-state index is 14.0. The quantitative estimate of drug-likeness (QED) is 0.892. The molecule has 3 rings (SSSR count). The highest BCUT2D eigenvalue weighted by molar-refractivity contribution is 5.87. The number of hydrogen-bond acceptors (Lipinski definition) is 3. The van der Waals surface area contributed by atoms with E-state index in [1.807, 2.05) is 0 Å². The molecule has 7 heteroatoms. The molecule has 0 saturated carbocycles. The van der Waals surface area contributed by atoms with Crippen LogP contribution in [-0.2, 0) is 19.4 Å². The Hall–Kier alpha value is -2.70. The van der Waals surface area contributed by atoms with Gasteiger partial charge in [0.1, 0.15) is 5.82 Å². The summed E-state index contributed by atoms with van der Waals surface area (Å²) in [5.74, 6) is -1.75. The summed E-state index contributed by atoms with van der Waals surface area (Å²) in [4.78, 5) is 37.3. The maximum absolute atomic E-state index is 14.0. The Bertz CT molecular complexity index is 898. The number of carboxylic acids is 1. The Balaban J connectivity index is 2.11. The first kappa shape index (κ1) is 15.2. The Kier molecular flexibility index (Phi) is 3.85. The van der Waals surface area contributed by atoms with E-state index < -0.39 is 17.5 Å². The van der Waals surface area contributed by atoms with Gasteiger partial charge in [-0.2, -0.15) is 0 Å². The Labute approximate surface area is 130 Å². The van der Waals surface area contributed by atoms with Gasteiger partial charge in [0.15, 0.2) is 0 Å². The smallest absolute Gasteiger partial charge is 0.335 e. The van der Waals surface area contributed by atoms with Gasteiger partial charge in [0, 0.05) is 16.8 Å². The lowest BCUT2D eigenvalue weighted by molar-refractivity contribution is 0.0696. The summed E-state index contributed by atoms with van der Waals surface area (Å²) in [6.07, 6.45) is 2.89. The Morgan fingerprint density at radius 2 is 2.00 bits per heavy atom. The first-order valence-electron chi connectivity index (χ1n) is 7.34. The van der Waals surface area contributed by atoms with E-state index in [2.05, 4.69) is 4.98 Å². The molecule has 0 atom stereocenters. The van der Waals surface area contributed by atoms with Gasteiger partial charge >= 0.3 is 11.7 Å². The molecule has 120 valence electrons. The molecule has 0 aliphatic heterocycles. The van der Waals surface area contributed by atoms with E-state index in [0.29, 0.717) is 24.1 Å². The summed E-state index contributed by atoms with van der Waals surface area (Å²) in [6.45, 7) is -0.106. The second kappa shape index (κ2) is 5.83. The zero-order valence-electron chi connectivity index (χ0n) is 12.3. The molecule has 0 radical (unpaired) electrons. The van der Waals surface area contributed by atoms with Gasteiger partial charge in [-0.25, -0.2) is 14.0 Å². The summed E-state index contributed by atoms with van der Waals surface area (Å²) in [6, 6.07) is 3.46. The third-order valence-corrected chi connectivity index (χ3v) is 4.13. The number of nitrogens with one attached hydrogen (secondary N) is 1. The second-order valence-corrected chi connectivity index (χ2v) is 5.59. The molecule has 1 heterocycles. The van der Waals surface area contributed by atoms with Gasteiger partial charge in [-0.15, -0.1) is 0 Å². The van der Waals surface area contributed by atoms with Crippen LogP contribution in [0.4, 0.5) is 4.39 Å². The molecule has 0 unspecified atom stereocenters. The summed E-state index contributed by atoms with van der Waals surface area (Å²) < 4.78 is 15.3. The summed E-state index contributed by atoms with van der Waals surface area (Å²) in [5, 5.41) is 9.01. The van der Waals surface area contributed by atoms with Crippen LogP contribution < -0.4 is 11.2 Å². The van der Waals surface area contributed by atoms with Gasteiger partial charge in [-0.05, 0) is 43.9 Å². The fourth-order valence-electron chi connectivity index (χ4n) is 2.96. The highest BCUT2D eigenvalue weighted by atomic mass is 19.1. The predicted molar refractivity (Wildman–Crippen MR) is 80.4 cm³/mol. The normalized spacial score (nSPS) is 13.6. The van der Waals surface area contributed by atoms with Crippen molar-refractivity contribution in [2.75, 3.05) is 0 Å². The van der Waals surface area contributed by atoms with Gasteiger partial charge in [0.2, 0.25) is 0 Å². The topological polar surface area (TPSA) is 92.2 Å². The number of nitrogens with zero attached hydrogens (tertiary/aromatic N) is 1. The third-order valence-electron chi connectivity index (χ3n) is 4.13. The number of aromatic amines is 1. The number of carbonyl (C=O) groups is 1. The molecule has 0 saturated heterocycles. The average molecular weight is 318 g/mol. The molecule has 6 nitrogen and oxygen atoms in total. The van der Waals surface area contributed by atoms with Gasteiger partial charge in [-0.1, -0.05) is 0 Å². The number of aromatic nitrogens is 2. The standard InChI is InChI=1S/C16H15FN2O4/c17-12-6-5-9(15(21)22)7-10(12)8-19-13-4-2-1-3-11(13)14(20)18-16(19)23/h5-7H,1-4,8H2,(H,21,22)(H,18,20,23). The van der Waals surface area contributed by atoms with Crippen LogP contribution in [0.1, 0.15) is 40.0 Å². The van der Waals surface area contributed by atoms with Crippen molar-refractivity contribution in [3.05, 3.63) is 67.2 Å². The van der Waals surface area contributed by atoms with Crippen molar-refractivity contribution >= 4 is 5.97 Å². The van der Waals surface area contributed by atoms with E-state index in [0.717, 1.165) is 18.9 Å². The zero-order valence-corrected chi connectivity index (χ0v) is 12.3. The lowest BCUT2D eigenvalue weighted by atomic mass is 9.96. The van der Waals surface area contributed by atoms with Gasteiger partial charge in [0.05, 0.1) is 12.1 Å². The van der Waals surface area contributed by atoms with E-state index in [9.17, 15) is 18.8 Å². The molecule has 1 aromatic heterocycles. The van der Waals surface area contributed by atoms with Gasteiger partial charge in [-0.3, -0.25) is 14.3 Å². The van der Waals surface area contributed by atoms with Crippen LogP contribution in [0.2, 0.25) is 0 Å². The molecule has 0 fully saturated rings. The van der Waals surface area contributed by atoms with E-state index in [4.69, 9.17) is 5.11 Å². The maximum Gasteiger partial charge on any atom is 0.335 e. The minimum absolute atomic E-state index is 0.0484. The lowest BCUT2D eigenvalue weighted by Crippen LogP contribution is -2.37. The van der Waals surface area contributed by atoms with Crippen LogP contribution >= 0.6 is 0 Å². The fourth-order valence-corrected chi connectivity index (χ4v) is 2.96. The molecule has 2 N–H and O–H groups in total. The highest BCUT2D eigenvalue weighted by Gasteiger charge is 2.19. The SMILES string of the molecule is O=C(O)c1ccc(F)c(Cn2c3c(c(=O)[nH]c2=O)CCCC3)c1. The van der Waals surface area contributed by atoms with Crippen molar-refractivity contribution < 1.29 is 14.3 Å².